The normalized spacial score (nSPS) is 22.6. The lowest BCUT2D eigenvalue weighted by Gasteiger charge is -2.35. The van der Waals surface area contributed by atoms with Gasteiger partial charge in [0.05, 0.1) is 0 Å². The molecular formula is C15H21NO2. The first-order chi connectivity index (χ1) is 8.66. The number of carboxylic acids is 1. The maximum atomic E-state index is 11.0. The van der Waals surface area contributed by atoms with Gasteiger partial charge in [-0.05, 0) is 44.2 Å². The number of rotatable bonds is 4. The van der Waals surface area contributed by atoms with Gasteiger partial charge in [-0.1, -0.05) is 30.3 Å². The van der Waals surface area contributed by atoms with E-state index in [2.05, 4.69) is 29.2 Å². The highest BCUT2D eigenvalue weighted by atomic mass is 16.4. The van der Waals surface area contributed by atoms with Crippen LogP contribution < -0.4 is 0 Å². The monoisotopic (exact) mass is 247 g/mol. The summed E-state index contributed by atoms with van der Waals surface area (Å²) in [6.45, 7) is 3.61. The summed E-state index contributed by atoms with van der Waals surface area (Å²) in [5, 5.41) is 9.07. The molecule has 1 heterocycles. The van der Waals surface area contributed by atoms with E-state index in [1.807, 2.05) is 6.07 Å². The van der Waals surface area contributed by atoms with Crippen molar-refractivity contribution < 1.29 is 9.90 Å². The standard InChI is InChI=1S/C15H21NO2/c1-12(15(17)18)16-9-5-8-14(11-16)10-13-6-3-2-4-7-13/h2-4,6-7,12,14H,5,8-11H2,1H3,(H,17,18). The average molecular weight is 247 g/mol. The number of piperidine rings is 1. The van der Waals surface area contributed by atoms with Crippen LogP contribution >= 0.6 is 0 Å². The molecule has 0 saturated carbocycles. The van der Waals surface area contributed by atoms with Crippen molar-refractivity contribution in [3.63, 3.8) is 0 Å². The van der Waals surface area contributed by atoms with Gasteiger partial charge in [0.15, 0.2) is 0 Å². The molecule has 0 spiro atoms. The molecule has 0 bridgehead atoms. The van der Waals surface area contributed by atoms with Gasteiger partial charge in [-0.15, -0.1) is 0 Å². The van der Waals surface area contributed by atoms with Crippen molar-refractivity contribution in [2.24, 2.45) is 5.92 Å². The Bertz CT molecular complexity index is 391. The van der Waals surface area contributed by atoms with Gasteiger partial charge in [-0.3, -0.25) is 9.69 Å². The van der Waals surface area contributed by atoms with Gasteiger partial charge in [0.2, 0.25) is 0 Å². The SMILES string of the molecule is CC(C(=O)O)N1CCCC(Cc2ccccc2)C1. The highest BCUT2D eigenvalue weighted by Crippen LogP contribution is 2.22. The summed E-state index contributed by atoms with van der Waals surface area (Å²) in [4.78, 5) is 13.1. The molecule has 2 rings (SSSR count). The van der Waals surface area contributed by atoms with Crippen molar-refractivity contribution in [3.8, 4) is 0 Å². The second-order valence-electron chi connectivity index (χ2n) is 5.21. The molecule has 2 unspecified atom stereocenters. The summed E-state index contributed by atoms with van der Waals surface area (Å²) in [7, 11) is 0. The number of carbonyl (C=O) groups is 1. The Labute approximate surface area is 108 Å². The Morgan fingerprint density at radius 2 is 2.17 bits per heavy atom. The molecule has 0 amide bonds. The molecule has 1 fully saturated rings. The van der Waals surface area contributed by atoms with Crippen LogP contribution in [0.4, 0.5) is 0 Å². The molecule has 1 saturated heterocycles. The maximum absolute atomic E-state index is 11.0. The van der Waals surface area contributed by atoms with Crippen LogP contribution in [0.2, 0.25) is 0 Å². The van der Waals surface area contributed by atoms with E-state index < -0.39 is 5.97 Å². The van der Waals surface area contributed by atoms with Crippen LogP contribution in [0.3, 0.4) is 0 Å². The zero-order valence-corrected chi connectivity index (χ0v) is 10.9. The van der Waals surface area contributed by atoms with Gasteiger partial charge in [0.1, 0.15) is 6.04 Å². The van der Waals surface area contributed by atoms with E-state index in [4.69, 9.17) is 5.11 Å². The third-order valence-corrected chi connectivity index (χ3v) is 3.82. The molecule has 2 atom stereocenters. The van der Waals surface area contributed by atoms with E-state index in [1.54, 1.807) is 6.92 Å². The van der Waals surface area contributed by atoms with Crippen molar-refractivity contribution >= 4 is 5.97 Å². The van der Waals surface area contributed by atoms with Gasteiger partial charge in [0, 0.05) is 6.54 Å². The largest absolute Gasteiger partial charge is 0.480 e. The third kappa shape index (κ3) is 3.33. The van der Waals surface area contributed by atoms with E-state index in [9.17, 15) is 4.79 Å². The zero-order valence-electron chi connectivity index (χ0n) is 10.9. The summed E-state index contributed by atoms with van der Waals surface area (Å²) in [5.74, 6) is -0.127. The second kappa shape index (κ2) is 6.01. The molecule has 0 radical (unpaired) electrons. The van der Waals surface area contributed by atoms with Crippen LogP contribution in [0.5, 0.6) is 0 Å². The molecule has 1 aromatic carbocycles. The lowest BCUT2D eigenvalue weighted by atomic mass is 9.90. The summed E-state index contributed by atoms with van der Waals surface area (Å²) in [6, 6.07) is 10.1. The molecule has 1 N–H and O–H groups in total. The van der Waals surface area contributed by atoms with Crippen molar-refractivity contribution in [1.82, 2.24) is 4.90 Å². The first-order valence-electron chi connectivity index (χ1n) is 6.67. The molecule has 3 heteroatoms. The fourth-order valence-corrected chi connectivity index (χ4v) is 2.72. The summed E-state index contributed by atoms with van der Waals surface area (Å²) in [5.41, 5.74) is 1.35. The van der Waals surface area contributed by atoms with Gasteiger partial charge >= 0.3 is 5.97 Å². The Morgan fingerprint density at radius 3 is 2.83 bits per heavy atom. The number of benzene rings is 1. The lowest BCUT2D eigenvalue weighted by molar-refractivity contribution is -0.143. The molecule has 98 valence electrons. The van der Waals surface area contributed by atoms with Crippen LogP contribution in [0, 0.1) is 5.92 Å². The predicted molar refractivity (Wildman–Crippen MR) is 71.5 cm³/mol. The van der Waals surface area contributed by atoms with E-state index >= 15 is 0 Å². The molecule has 0 aliphatic carbocycles. The van der Waals surface area contributed by atoms with Gasteiger partial charge < -0.3 is 5.11 Å². The smallest absolute Gasteiger partial charge is 0.320 e. The highest BCUT2D eigenvalue weighted by Gasteiger charge is 2.26. The van der Waals surface area contributed by atoms with Crippen LogP contribution in [-0.4, -0.2) is 35.1 Å². The number of hydrogen-bond acceptors (Lipinski definition) is 2. The Kier molecular flexibility index (Phi) is 4.37. The number of likely N-dealkylation sites (tertiary alicyclic amines) is 1. The average Bonchev–Trinajstić information content (AvgIpc) is 2.39. The van der Waals surface area contributed by atoms with Crippen molar-refractivity contribution in [1.29, 1.82) is 0 Å². The fourth-order valence-electron chi connectivity index (χ4n) is 2.72. The number of hydrogen-bond donors (Lipinski definition) is 1. The summed E-state index contributed by atoms with van der Waals surface area (Å²) in [6.07, 6.45) is 3.37. The molecule has 1 aliphatic rings. The van der Waals surface area contributed by atoms with Crippen molar-refractivity contribution in [3.05, 3.63) is 35.9 Å². The first-order valence-corrected chi connectivity index (χ1v) is 6.67. The quantitative estimate of drug-likeness (QED) is 0.888. The minimum Gasteiger partial charge on any atom is -0.480 e. The minimum atomic E-state index is -0.713. The van der Waals surface area contributed by atoms with E-state index in [0.29, 0.717) is 5.92 Å². The van der Waals surface area contributed by atoms with E-state index in [-0.39, 0.29) is 6.04 Å². The lowest BCUT2D eigenvalue weighted by Crippen LogP contribution is -2.45. The molecule has 1 aliphatic heterocycles. The van der Waals surface area contributed by atoms with Crippen LogP contribution in [0.25, 0.3) is 0 Å². The highest BCUT2D eigenvalue weighted by molar-refractivity contribution is 5.72. The molecule has 1 aromatic rings. The summed E-state index contributed by atoms with van der Waals surface area (Å²) >= 11 is 0. The second-order valence-corrected chi connectivity index (χ2v) is 5.21. The molecule has 3 nitrogen and oxygen atoms in total. The number of nitrogens with zero attached hydrogens (tertiary/aromatic N) is 1. The van der Waals surface area contributed by atoms with Crippen molar-refractivity contribution in [2.75, 3.05) is 13.1 Å². The maximum Gasteiger partial charge on any atom is 0.320 e. The molecule has 0 aromatic heterocycles. The molecular weight excluding hydrogens is 226 g/mol. The van der Waals surface area contributed by atoms with Gasteiger partial charge in [0.25, 0.3) is 0 Å². The Hall–Kier alpha value is -1.35. The minimum absolute atomic E-state index is 0.358. The van der Waals surface area contributed by atoms with Gasteiger partial charge in [-0.2, -0.15) is 0 Å². The Balaban J connectivity index is 1.93. The van der Waals surface area contributed by atoms with E-state index in [0.717, 1.165) is 25.9 Å². The number of aliphatic carboxylic acids is 1. The van der Waals surface area contributed by atoms with Crippen LogP contribution in [-0.2, 0) is 11.2 Å². The fraction of sp³-hybridized carbons (Fsp3) is 0.533. The van der Waals surface area contributed by atoms with Crippen molar-refractivity contribution in [2.45, 2.75) is 32.2 Å². The number of carboxylic acid groups (broad SMARTS) is 1. The van der Waals surface area contributed by atoms with Gasteiger partial charge in [-0.25, -0.2) is 0 Å². The van der Waals surface area contributed by atoms with Crippen LogP contribution in [0.15, 0.2) is 30.3 Å². The van der Waals surface area contributed by atoms with Crippen LogP contribution in [0.1, 0.15) is 25.3 Å². The van der Waals surface area contributed by atoms with E-state index in [1.165, 1.54) is 12.0 Å². The zero-order chi connectivity index (χ0) is 13.0. The Morgan fingerprint density at radius 1 is 1.44 bits per heavy atom. The topological polar surface area (TPSA) is 40.5 Å². The predicted octanol–water partition coefficient (Wildman–Crippen LogP) is 2.41. The first kappa shape index (κ1) is 13.1. The third-order valence-electron chi connectivity index (χ3n) is 3.82. The molecule has 18 heavy (non-hydrogen) atoms. The summed E-state index contributed by atoms with van der Waals surface area (Å²) < 4.78 is 0.